The van der Waals surface area contributed by atoms with Gasteiger partial charge in [-0.3, -0.25) is 10.1 Å². The Bertz CT molecular complexity index is 891. The Balaban J connectivity index is 2.29. The molecule has 0 saturated heterocycles. The summed E-state index contributed by atoms with van der Waals surface area (Å²) in [6, 6.07) is 3.55. The summed E-state index contributed by atoms with van der Waals surface area (Å²) in [6.07, 6.45) is 1.46. The Morgan fingerprint density at radius 1 is 1.28 bits per heavy atom. The number of nitrogens with one attached hydrogen (secondary N) is 1. The number of rotatable bonds is 6. The summed E-state index contributed by atoms with van der Waals surface area (Å²) in [4.78, 5) is 11.7. The molecule has 1 aromatic heterocycles. The number of sulfone groups is 1. The van der Waals surface area contributed by atoms with Gasteiger partial charge in [-0.2, -0.15) is 0 Å². The number of carbonyl (C=O) groups excluding carboxylic acids is 1. The molecule has 0 spiro atoms. The molecule has 1 aromatic carbocycles. The van der Waals surface area contributed by atoms with Gasteiger partial charge in [0, 0.05) is 12.1 Å². The van der Waals surface area contributed by atoms with E-state index in [0.29, 0.717) is 18.2 Å². The largest absolute Gasteiger partial charge is 0.338 e. The molecule has 0 aliphatic rings. The molecule has 0 atom stereocenters. The molecule has 136 valence electrons. The summed E-state index contributed by atoms with van der Waals surface area (Å²) >= 11 is 0. The summed E-state index contributed by atoms with van der Waals surface area (Å²) in [6.45, 7) is 4.20. The van der Waals surface area contributed by atoms with Crippen molar-refractivity contribution in [2.24, 2.45) is 0 Å². The lowest BCUT2D eigenvalue weighted by molar-refractivity contribution is -0.118. The number of aryl methyl sites for hydroxylation is 1. The molecule has 0 aliphatic carbocycles. The van der Waals surface area contributed by atoms with Crippen LogP contribution < -0.4 is 5.32 Å². The van der Waals surface area contributed by atoms with E-state index in [1.54, 1.807) is 0 Å². The third-order valence-electron chi connectivity index (χ3n) is 3.70. The van der Waals surface area contributed by atoms with E-state index in [-0.39, 0.29) is 5.88 Å². The molecular weight excluding hydrogens is 354 g/mol. The number of aromatic nitrogens is 1. The first-order chi connectivity index (χ1) is 11.6. The molecule has 0 fully saturated rings. The van der Waals surface area contributed by atoms with E-state index < -0.39 is 37.0 Å². The normalized spacial score (nSPS) is 12.2. The highest BCUT2D eigenvalue weighted by Crippen LogP contribution is 2.29. The third-order valence-corrected chi connectivity index (χ3v) is 6.14. The monoisotopic (exact) mass is 372 g/mol. The van der Waals surface area contributed by atoms with Gasteiger partial charge >= 0.3 is 0 Å². The number of amides is 1. The van der Waals surface area contributed by atoms with Crippen molar-refractivity contribution in [3.05, 3.63) is 41.6 Å². The quantitative estimate of drug-likeness (QED) is 0.787. The Morgan fingerprint density at radius 3 is 2.56 bits per heavy atom. The van der Waals surface area contributed by atoms with Crippen molar-refractivity contribution in [3.8, 4) is 0 Å². The lowest BCUT2D eigenvalue weighted by atomic mass is 10.2. The number of hydrogen-bond donors (Lipinski definition) is 1. The minimum atomic E-state index is -4.42. The number of hydrogen-bond acceptors (Lipinski definition) is 5. The average molecular weight is 372 g/mol. The molecule has 25 heavy (non-hydrogen) atoms. The average Bonchev–Trinajstić information content (AvgIpc) is 2.94. The van der Waals surface area contributed by atoms with Gasteiger partial charge in [0.15, 0.2) is 9.84 Å². The van der Waals surface area contributed by atoms with Crippen molar-refractivity contribution in [2.45, 2.75) is 43.3 Å². The van der Waals surface area contributed by atoms with Crippen LogP contribution in [0.1, 0.15) is 32.9 Å². The molecule has 1 N–H and O–H groups in total. The maximum absolute atomic E-state index is 13.9. The van der Waals surface area contributed by atoms with Gasteiger partial charge in [-0.1, -0.05) is 18.5 Å². The first-order valence-electron chi connectivity index (χ1n) is 7.56. The van der Waals surface area contributed by atoms with E-state index in [9.17, 15) is 22.0 Å². The molecule has 2 rings (SSSR count). The van der Waals surface area contributed by atoms with E-state index in [0.717, 1.165) is 32.4 Å². The lowest BCUT2D eigenvalue weighted by Crippen LogP contribution is -2.44. The molecular formula is C16H18F2N2O4S. The van der Waals surface area contributed by atoms with E-state index in [1.807, 2.05) is 6.92 Å². The van der Waals surface area contributed by atoms with E-state index in [4.69, 9.17) is 4.52 Å². The minimum absolute atomic E-state index is 0.00342. The molecule has 0 aliphatic heterocycles. The summed E-state index contributed by atoms with van der Waals surface area (Å²) in [5, 5.41) is 6.07. The SMILES string of the molecule is CCCc1cc(NC(=O)C(C)(C)S(=O)(=O)c2ccc(F)cc2F)on1. The Kier molecular flexibility index (Phi) is 5.26. The second-order valence-corrected chi connectivity index (χ2v) is 8.44. The molecule has 1 amide bonds. The highest BCUT2D eigenvalue weighted by molar-refractivity contribution is 7.93. The van der Waals surface area contributed by atoms with Crippen LogP contribution in [0.4, 0.5) is 14.7 Å². The standard InChI is InChI=1S/C16H18F2N2O4S/c1-4-5-11-9-14(24-20-11)19-15(21)16(2,3)25(22,23)13-7-6-10(17)8-12(13)18/h6-9H,4-5H2,1-3H3,(H,19,21). The molecule has 9 heteroatoms. The number of anilines is 1. The summed E-state index contributed by atoms with van der Waals surface area (Å²) in [5.74, 6) is -3.10. The van der Waals surface area contributed by atoms with E-state index in [1.165, 1.54) is 6.07 Å². The third kappa shape index (κ3) is 3.71. The minimum Gasteiger partial charge on any atom is -0.338 e. The Hall–Kier alpha value is -2.29. The lowest BCUT2D eigenvalue weighted by Gasteiger charge is -2.23. The second kappa shape index (κ2) is 6.91. The fourth-order valence-corrected chi connectivity index (χ4v) is 3.50. The first-order valence-corrected chi connectivity index (χ1v) is 9.04. The molecule has 0 radical (unpaired) electrons. The predicted molar refractivity (Wildman–Crippen MR) is 86.8 cm³/mol. The van der Waals surface area contributed by atoms with Crippen LogP contribution in [0.3, 0.4) is 0 Å². The topological polar surface area (TPSA) is 89.3 Å². The van der Waals surface area contributed by atoms with Crippen LogP contribution in [0.5, 0.6) is 0 Å². The van der Waals surface area contributed by atoms with Gasteiger partial charge in [-0.05, 0) is 32.4 Å². The smallest absolute Gasteiger partial charge is 0.248 e. The highest BCUT2D eigenvalue weighted by Gasteiger charge is 2.44. The van der Waals surface area contributed by atoms with Crippen LogP contribution in [-0.4, -0.2) is 24.2 Å². The van der Waals surface area contributed by atoms with Crippen LogP contribution in [0, 0.1) is 11.6 Å². The zero-order chi connectivity index (χ0) is 18.8. The van der Waals surface area contributed by atoms with Crippen molar-refractivity contribution >= 4 is 21.6 Å². The maximum atomic E-state index is 13.9. The Labute approximate surface area is 144 Å². The predicted octanol–water partition coefficient (Wildman–Crippen LogP) is 3.10. The molecule has 0 bridgehead atoms. The summed E-state index contributed by atoms with van der Waals surface area (Å²) in [7, 11) is -4.42. The number of halogens is 2. The zero-order valence-corrected chi connectivity index (χ0v) is 14.8. The van der Waals surface area contributed by atoms with Crippen molar-refractivity contribution < 1.29 is 26.5 Å². The van der Waals surface area contributed by atoms with Crippen LogP contribution >= 0.6 is 0 Å². The number of carbonyl (C=O) groups is 1. The highest BCUT2D eigenvalue weighted by atomic mass is 32.2. The maximum Gasteiger partial charge on any atom is 0.248 e. The van der Waals surface area contributed by atoms with Gasteiger partial charge in [0.05, 0.1) is 5.69 Å². The van der Waals surface area contributed by atoms with Crippen molar-refractivity contribution in [1.82, 2.24) is 5.16 Å². The second-order valence-electron chi connectivity index (χ2n) is 5.98. The van der Waals surface area contributed by atoms with Gasteiger partial charge in [-0.15, -0.1) is 0 Å². The van der Waals surface area contributed by atoms with Crippen molar-refractivity contribution in [1.29, 1.82) is 0 Å². The van der Waals surface area contributed by atoms with Crippen LogP contribution in [0.25, 0.3) is 0 Å². The fraction of sp³-hybridized carbons (Fsp3) is 0.375. The van der Waals surface area contributed by atoms with Gasteiger partial charge in [0.25, 0.3) is 0 Å². The summed E-state index contributed by atoms with van der Waals surface area (Å²) < 4.78 is 55.1. The van der Waals surface area contributed by atoms with E-state index in [2.05, 4.69) is 10.5 Å². The van der Waals surface area contributed by atoms with E-state index >= 15 is 0 Å². The van der Waals surface area contributed by atoms with Crippen molar-refractivity contribution in [3.63, 3.8) is 0 Å². The molecule has 0 unspecified atom stereocenters. The van der Waals surface area contributed by atoms with Gasteiger partial charge < -0.3 is 4.52 Å². The Morgan fingerprint density at radius 2 is 1.96 bits per heavy atom. The van der Waals surface area contributed by atoms with Crippen LogP contribution in [-0.2, 0) is 21.1 Å². The van der Waals surface area contributed by atoms with Crippen LogP contribution in [0.2, 0.25) is 0 Å². The molecule has 0 saturated carbocycles. The summed E-state index contributed by atoms with van der Waals surface area (Å²) in [5.41, 5.74) is 0.614. The zero-order valence-electron chi connectivity index (χ0n) is 14.0. The number of nitrogens with zero attached hydrogens (tertiary/aromatic N) is 1. The van der Waals surface area contributed by atoms with Gasteiger partial charge in [0.2, 0.25) is 11.8 Å². The van der Waals surface area contributed by atoms with Gasteiger partial charge in [-0.25, -0.2) is 17.2 Å². The van der Waals surface area contributed by atoms with Gasteiger partial charge in [0.1, 0.15) is 21.3 Å². The van der Waals surface area contributed by atoms with Crippen LogP contribution in [0.15, 0.2) is 33.7 Å². The molecule has 1 heterocycles. The number of benzene rings is 1. The first kappa shape index (κ1) is 19.0. The van der Waals surface area contributed by atoms with Crippen molar-refractivity contribution in [2.75, 3.05) is 5.32 Å². The fourth-order valence-electron chi connectivity index (χ4n) is 2.10. The molecule has 2 aromatic rings. The molecule has 6 nitrogen and oxygen atoms in total.